The molecule has 1 aromatic rings. The van der Waals surface area contributed by atoms with Crippen LogP contribution >= 0.6 is 0 Å². The summed E-state index contributed by atoms with van der Waals surface area (Å²) in [7, 11) is -3.74. The van der Waals surface area contributed by atoms with Gasteiger partial charge >= 0.3 is 0 Å². The second-order valence-corrected chi connectivity index (χ2v) is 7.14. The zero-order valence-corrected chi connectivity index (χ0v) is 13.4. The van der Waals surface area contributed by atoms with E-state index in [-0.39, 0.29) is 29.2 Å². The Balaban J connectivity index is 1.89. The molecule has 0 radical (unpaired) electrons. The Hall–Kier alpha value is -1.97. The summed E-state index contributed by atoms with van der Waals surface area (Å²) in [6.45, 7) is 1.50. The van der Waals surface area contributed by atoms with Crippen LogP contribution < -0.4 is 16.2 Å². The minimum atomic E-state index is -3.74. The fourth-order valence-electron chi connectivity index (χ4n) is 2.55. The van der Waals surface area contributed by atoms with E-state index < -0.39 is 10.0 Å². The average Bonchev–Trinajstić information content (AvgIpc) is 2.47. The molecular formula is C14H20N4O4S. The lowest BCUT2D eigenvalue weighted by molar-refractivity contribution is -0.122. The van der Waals surface area contributed by atoms with Crippen molar-refractivity contribution in [1.82, 2.24) is 4.90 Å². The SMILES string of the molecule is NC(=O)CN1CCC(C(=O)Nc2ccc(S(N)(=O)=O)cc2)CC1. The molecule has 0 spiro atoms. The number of hydrogen-bond acceptors (Lipinski definition) is 5. The number of carbonyl (C=O) groups excluding carboxylic acids is 2. The number of primary sulfonamides is 1. The van der Waals surface area contributed by atoms with Gasteiger partial charge in [-0.25, -0.2) is 13.6 Å². The predicted octanol–water partition coefficient (Wildman–Crippen LogP) is -0.530. The Kier molecular flexibility index (Phi) is 5.34. The first-order valence-electron chi connectivity index (χ1n) is 7.20. The van der Waals surface area contributed by atoms with Crippen LogP contribution in [0.1, 0.15) is 12.8 Å². The zero-order chi connectivity index (χ0) is 17.0. The van der Waals surface area contributed by atoms with Crippen molar-refractivity contribution < 1.29 is 18.0 Å². The normalized spacial score (nSPS) is 16.9. The molecule has 0 saturated carbocycles. The average molecular weight is 340 g/mol. The lowest BCUT2D eigenvalue weighted by Gasteiger charge is -2.30. The third-order valence-corrected chi connectivity index (χ3v) is 4.72. The number of piperidine rings is 1. The lowest BCUT2D eigenvalue weighted by Crippen LogP contribution is -2.42. The summed E-state index contributed by atoms with van der Waals surface area (Å²) in [6.07, 6.45) is 1.29. The van der Waals surface area contributed by atoms with Crippen LogP contribution in [0.3, 0.4) is 0 Å². The number of rotatable bonds is 5. The minimum Gasteiger partial charge on any atom is -0.369 e. The monoisotopic (exact) mass is 340 g/mol. The topological polar surface area (TPSA) is 136 Å². The quantitative estimate of drug-likeness (QED) is 0.662. The molecule has 2 amide bonds. The molecule has 1 saturated heterocycles. The van der Waals surface area contributed by atoms with Crippen molar-refractivity contribution >= 4 is 27.5 Å². The number of nitrogens with two attached hydrogens (primary N) is 2. The van der Waals surface area contributed by atoms with Gasteiger partial charge in [0.1, 0.15) is 0 Å². The number of hydrogen-bond donors (Lipinski definition) is 3. The molecule has 1 aliphatic heterocycles. The van der Waals surface area contributed by atoms with Crippen LogP contribution in [-0.2, 0) is 19.6 Å². The Morgan fingerprint density at radius 2 is 1.74 bits per heavy atom. The smallest absolute Gasteiger partial charge is 0.238 e. The van der Waals surface area contributed by atoms with Gasteiger partial charge in [-0.1, -0.05) is 0 Å². The summed E-state index contributed by atoms with van der Waals surface area (Å²) >= 11 is 0. The standard InChI is InChI=1S/C14H20N4O4S/c15-13(19)9-18-7-5-10(6-8-18)14(20)17-11-1-3-12(4-2-11)23(16,21)22/h1-4,10H,5-9H2,(H2,15,19)(H,17,20)(H2,16,21,22). The van der Waals surface area contributed by atoms with Crippen molar-refractivity contribution in [2.24, 2.45) is 16.8 Å². The molecule has 1 heterocycles. The number of amides is 2. The molecule has 0 bridgehead atoms. The van der Waals surface area contributed by atoms with E-state index in [1.807, 2.05) is 4.90 Å². The van der Waals surface area contributed by atoms with E-state index in [4.69, 9.17) is 10.9 Å². The molecule has 8 nitrogen and oxygen atoms in total. The Morgan fingerprint density at radius 3 is 2.22 bits per heavy atom. The molecule has 1 aliphatic rings. The van der Waals surface area contributed by atoms with Crippen molar-refractivity contribution in [3.63, 3.8) is 0 Å². The highest BCUT2D eigenvalue weighted by Crippen LogP contribution is 2.20. The van der Waals surface area contributed by atoms with Crippen molar-refractivity contribution in [2.45, 2.75) is 17.7 Å². The number of sulfonamides is 1. The summed E-state index contributed by atoms with van der Waals surface area (Å²) < 4.78 is 22.3. The van der Waals surface area contributed by atoms with Crippen LogP contribution in [-0.4, -0.2) is 44.8 Å². The molecule has 1 aromatic carbocycles. The molecule has 5 N–H and O–H groups in total. The second-order valence-electron chi connectivity index (χ2n) is 5.58. The maximum absolute atomic E-state index is 12.2. The van der Waals surface area contributed by atoms with E-state index in [9.17, 15) is 18.0 Å². The molecule has 2 rings (SSSR count). The van der Waals surface area contributed by atoms with Crippen LogP contribution in [0.25, 0.3) is 0 Å². The maximum Gasteiger partial charge on any atom is 0.238 e. The van der Waals surface area contributed by atoms with E-state index in [2.05, 4.69) is 5.32 Å². The van der Waals surface area contributed by atoms with Crippen LogP contribution in [0.5, 0.6) is 0 Å². The fraction of sp³-hybridized carbons (Fsp3) is 0.429. The molecule has 1 fully saturated rings. The largest absolute Gasteiger partial charge is 0.369 e. The lowest BCUT2D eigenvalue weighted by atomic mass is 9.96. The van der Waals surface area contributed by atoms with Gasteiger partial charge in [-0.3, -0.25) is 14.5 Å². The molecule has 0 atom stereocenters. The highest BCUT2D eigenvalue weighted by molar-refractivity contribution is 7.89. The van der Waals surface area contributed by atoms with Gasteiger partial charge in [0, 0.05) is 11.6 Å². The number of anilines is 1. The first-order valence-corrected chi connectivity index (χ1v) is 8.75. The summed E-state index contributed by atoms with van der Waals surface area (Å²) in [5.74, 6) is -0.632. The maximum atomic E-state index is 12.2. The highest BCUT2D eigenvalue weighted by Gasteiger charge is 2.25. The highest BCUT2D eigenvalue weighted by atomic mass is 32.2. The Morgan fingerprint density at radius 1 is 1.17 bits per heavy atom. The fourth-order valence-corrected chi connectivity index (χ4v) is 3.06. The first kappa shape index (κ1) is 17.4. The summed E-state index contributed by atoms with van der Waals surface area (Å²) in [6, 6.07) is 5.69. The molecular weight excluding hydrogens is 320 g/mol. The van der Waals surface area contributed by atoms with E-state index in [1.54, 1.807) is 0 Å². The van der Waals surface area contributed by atoms with Crippen molar-refractivity contribution in [2.75, 3.05) is 25.0 Å². The second kappa shape index (κ2) is 7.07. The summed E-state index contributed by atoms with van der Waals surface area (Å²) in [5.41, 5.74) is 5.67. The van der Waals surface area contributed by atoms with E-state index in [0.29, 0.717) is 31.6 Å². The predicted molar refractivity (Wildman–Crippen MR) is 84.8 cm³/mol. The third-order valence-electron chi connectivity index (χ3n) is 3.79. The molecule has 0 aliphatic carbocycles. The van der Waals surface area contributed by atoms with E-state index >= 15 is 0 Å². The van der Waals surface area contributed by atoms with Gasteiger partial charge in [-0.15, -0.1) is 0 Å². The Labute approximate surface area is 134 Å². The summed E-state index contributed by atoms with van der Waals surface area (Å²) in [5, 5.41) is 7.78. The van der Waals surface area contributed by atoms with Gasteiger partial charge in [-0.2, -0.15) is 0 Å². The molecule has 0 aromatic heterocycles. The van der Waals surface area contributed by atoms with Crippen molar-refractivity contribution in [1.29, 1.82) is 0 Å². The number of benzene rings is 1. The van der Waals surface area contributed by atoms with Gasteiger partial charge in [-0.05, 0) is 50.2 Å². The summed E-state index contributed by atoms with van der Waals surface area (Å²) in [4.78, 5) is 25.0. The van der Waals surface area contributed by atoms with Crippen LogP contribution in [0.15, 0.2) is 29.2 Å². The number of nitrogens with zero attached hydrogens (tertiary/aromatic N) is 1. The van der Waals surface area contributed by atoms with Gasteiger partial charge < -0.3 is 11.1 Å². The third kappa shape index (κ3) is 5.02. The molecule has 9 heteroatoms. The molecule has 23 heavy (non-hydrogen) atoms. The number of carbonyl (C=O) groups is 2. The van der Waals surface area contributed by atoms with Gasteiger partial charge in [0.25, 0.3) is 0 Å². The molecule has 0 unspecified atom stereocenters. The molecule has 126 valence electrons. The van der Waals surface area contributed by atoms with Crippen molar-refractivity contribution in [3.05, 3.63) is 24.3 Å². The van der Waals surface area contributed by atoms with Gasteiger partial charge in [0.2, 0.25) is 21.8 Å². The van der Waals surface area contributed by atoms with Gasteiger partial charge in [0.15, 0.2) is 0 Å². The first-order chi connectivity index (χ1) is 10.8. The Bertz CT molecular complexity index is 679. The minimum absolute atomic E-state index is 0.00439. The van der Waals surface area contributed by atoms with Crippen LogP contribution in [0.2, 0.25) is 0 Å². The van der Waals surface area contributed by atoms with Crippen LogP contribution in [0, 0.1) is 5.92 Å². The van der Waals surface area contributed by atoms with E-state index in [0.717, 1.165) is 0 Å². The number of primary amides is 1. The number of nitrogens with one attached hydrogen (secondary N) is 1. The van der Waals surface area contributed by atoms with Crippen molar-refractivity contribution in [3.8, 4) is 0 Å². The zero-order valence-electron chi connectivity index (χ0n) is 12.6. The van der Waals surface area contributed by atoms with Crippen LogP contribution in [0.4, 0.5) is 5.69 Å². The van der Waals surface area contributed by atoms with E-state index in [1.165, 1.54) is 24.3 Å². The number of likely N-dealkylation sites (tertiary alicyclic amines) is 1. The van der Waals surface area contributed by atoms with Gasteiger partial charge in [0.05, 0.1) is 11.4 Å².